The maximum Gasteiger partial charge on any atom is 0.337 e. The number of carboxylic acids is 1. The van der Waals surface area contributed by atoms with Crippen molar-refractivity contribution in [2.75, 3.05) is 18.5 Å². The van der Waals surface area contributed by atoms with Crippen LogP contribution in [0.4, 0.5) is 5.69 Å². The smallest absolute Gasteiger partial charge is 0.337 e. The van der Waals surface area contributed by atoms with Crippen LogP contribution in [0.25, 0.3) is 0 Å². The third-order valence-electron chi connectivity index (χ3n) is 3.52. The van der Waals surface area contributed by atoms with E-state index >= 15 is 0 Å². The molecule has 0 radical (unpaired) electrons. The summed E-state index contributed by atoms with van der Waals surface area (Å²) in [5.74, 6) is -0.463. The highest BCUT2D eigenvalue weighted by atomic mass is 79.9. The van der Waals surface area contributed by atoms with Crippen molar-refractivity contribution in [3.63, 3.8) is 0 Å². The van der Waals surface area contributed by atoms with Gasteiger partial charge in [-0.15, -0.1) is 0 Å². The van der Waals surface area contributed by atoms with Gasteiger partial charge in [-0.2, -0.15) is 0 Å². The molecule has 2 rings (SSSR count). The summed E-state index contributed by atoms with van der Waals surface area (Å²) in [6.07, 6.45) is 2.31. The molecule has 1 aliphatic heterocycles. The lowest BCUT2D eigenvalue weighted by Crippen LogP contribution is -2.23. The van der Waals surface area contributed by atoms with E-state index < -0.39 is 5.97 Å². The molecule has 2 unspecified atom stereocenters. The topological polar surface area (TPSA) is 58.6 Å². The summed E-state index contributed by atoms with van der Waals surface area (Å²) in [6, 6.07) is 5.15. The summed E-state index contributed by atoms with van der Waals surface area (Å²) in [7, 11) is 0. The molecule has 0 spiro atoms. The van der Waals surface area contributed by atoms with Crippen molar-refractivity contribution in [2.24, 2.45) is 5.92 Å². The van der Waals surface area contributed by atoms with Gasteiger partial charge in [0, 0.05) is 29.2 Å². The van der Waals surface area contributed by atoms with Crippen molar-refractivity contribution >= 4 is 27.6 Å². The van der Waals surface area contributed by atoms with Crippen molar-refractivity contribution in [1.29, 1.82) is 0 Å². The van der Waals surface area contributed by atoms with Crippen LogP contribution in [0.5, 0.6) is 0 Å². The van der Waals surface area contributed by atoms with Crippen LogP contribution in [0.2, 0.25) is 0 Å². The molecule has 5 heteroatoms. The van der Waals surface area contributed by atoms with Crippen molar-refractivity contribution in [2.45, 2.75) is 25.9 Å². The number of nitrogens with one attached hydrogen (secondary N) is 1. The first-order valence-corrected chi connectivity index (χ1v) is 7.29. The maximum absolute atomic E-state index is 11.2. The van der Waals surface area contributed by atoms with Crippen molar-refractivity contribution < 1.29 is 14.6 Å². The second kappa shape index (κ2) is 6.39. The van der Waals surface area contributed by atoms with Gasteiger partial charge in [-0.3, -0.25) is 0 Å². The van der Waals surface area contributed by atoms with Crippen LogP contribution >= 0.6 is 15.9 Å². The Hall–Kier alpha value is -1.07. The first-order valence-electron chi connectivity index (χ1n) is 6.50. The van der Waals surface area contributed by atoms with Gasteiger partial charge in [0.25, 0.3) is 0 Å². The number of rotatable bonds is 5. The Morgan fingerprint density at radius 3 is 3.05 bits per heavy atom. The summed E-state index contributed by atoms with van der Waals surface area (Å²) in [5, 5.41) is 12.4. The standard InChI is InChI=1S/C14H18BrNO3/c1-2-13-9(5-6-19-13)8-16-12-7-10(15)3-4-11(12)14(17)18/h3-4,7,9,13,16H,2,5-6,8H2,1H3,(H,17,18). The van der Waals surface area contributed by atoms with Crippen LogP contribution < -0.4 is 5.32 Å². The second-order valence-electron chi connectivity index (χ2n) is 4.74. The molecule has 1 fully saturated rings. The zero-order chi connectivity index (χ0) is 13.8. The molecule has 0 amide bonds. The third kappa shape index (κ3) is 3.48. The lowest BCUT2D eigenvalue weighted by atomic mass is 9.99. The number of anilines is 1. The van der Waals surface area contributed by atoms with E-state index in [2.05, 4.69) is 28.2 Å². The Morgan fingerprint density at radius 2 is 2.37 bits per heavy atom. The van der Waals surface area contributed by atoms with E-state index in [1.807, 2.05) is 0 Å². The van der Waals surface area contributed by atoms with Gasteiger partial charge < -0.3 is 15.2 Å². The maximum atomic E-state index is 11.2. The molecule has 0 bridgehead atoms. The Kier molecular flexibility index (Phi) is 4.82. The molecule has 104 valence electrons. The summed E-state index contributed by atoms with van der Waals surface area (Å²) >= 11 is 3.37. The number of carboxylic acid groups (broad SMARTS) is 1. The Balaban J connectivity index is 2.06. The highest BCUT2D eigenvalue weighted by Gasteiger charge is 2.26. The monoisotopic (exact) mass is 327 g/mol. The molecule has 0 aromatic heterocycles. The molecule has 1 aromatic carbocycles. The zero-order valence-electron chi connectivity index (χ0n) is 10.9. The van der Waals surface area contributed by atoms with Gasteiger partial charge in [-0.05, 0) is 31.0 Å². The van der Waals surface area contributed by atoms with Crippen LogP contribution in [-0.4, -0.2) is 30.3 Å². The molecule has 2 N–H and O–H groups in total. The predicted octanol–water partition coefficient (Wildman–Crippen LogP) is 3.37. The number of benzene rings is 1. The molecule has 1 saturated heterocycles. The number of aromatic carboxylic acids is 1. The van der Waals surface area contributed by atoms with E-state index in [0.717, 1.165) is 30.5 Å². The fourth-order valence-electron chi connectivity index (χ4n) is 2.47. The van der Waals surface area contributed by atoms with Crippen LogP contribution in [0, 0.1) is 5.92 Å². The number of halogens is 1. The summed E-state index contributed by atoms with van der Waals surface area (Å²) < 4.78 is 6.51. The van der Waals surface area contributed by atoms with Crippen LogP contribution in [0.3, 0.4) is 0 Å². The van der Waals surface area contributed by atoms with Gasteiger partial charge in [0.15, 0.2) is 0 Å². The lowest BCUT2D eigenvalue weighted by molar-refractivity contribution is 0.0698. The molecular formula is C14H18BrNO3. The molecule has 1 aromatic rings. The van der Waals surface area contributed by atoms with Gasteiger partial charge >= 0.3 is 5.97 Å². The molecule has 2 atom stereocenters. The van der Waals surface area contributed by atoms with E-state index in [1.54, 1.807) is 18.2 Å². The second-order valence-corrected chi connectivity index (χ2v) is 5.66. The summed E-state index contributed by atoms with van der Waals surface area (Å²) in [6.45, 7) is 3.66. The third-order valence-corrected chi connectivity index (χ3v) is 4.01. The number of carbonyl (C=O) groups is 1. The molecule has 4 nitrogen and oxygen atoms in total. The van der Waals surface area contributed by atoms with Crippen molar-refractivity contribution in [3.8, 4) is 0 Å². The summed E-state index contributed by atoms with van der Waals surface area (Å²) in [5.41, 5.74) is 0.957. The first kappa shape index (κ1) is 14.3. The van der Waals surface area contributed by atoms with E-state index in [-0.39, 0.29) is 6.10 Å². The van der Waals surface area contributed by atoms with Gasteiger partial charge in [0.05, 0.1) is 11.7 Å². The van der Waals surface area contributed by atoms with Gasteiger partial charge in [-0.1, -0.05) is 22.9 Å². The molecule has 1 aliphatic rings. The predicted molar refractivity (Wildman–Crippen MR) is 77.7 cm³/mol. The van der Waals surface area contributed by atoms with E-state index in [4.69, 9.17) is 9.84 Å². The Morgan fingerprint density at radius 1 is 1.58 bits per heavy atom. The first-order chi connectivity index (χ1) is 9.11. The molecule has 0 saturated carbocycles. The highest BCUT2D eigenvalue weighted by molar-refractivity contribution is 9.10. The quantitative estimate of drug-likeness (QED) is 0.870. The van der Waals surface area contributed by atoms with Crippen LogP contribution in [-0.2, 0) is 4.74 Å². The number of ether oxygens (including phenoxy) is 1. The lowest BCUT2D eigenvalue weighted by Gasteiger charge is -2.18. The highest BCUT2D eigenvalue weighted by Crippen LogP contribution is 2.26. The molecular weight excluding hydrogens is 310 g/mol. The molecule has 1 heterocycles. The van der Waals surface area contributed by atoms with Gasteiger partial charge in [0.2, 0.25) is 0 Å². The number of hydrogen-bond acceptors (Lipinski definition) is 3. The zero-order valence-corrected chi connectivity index (χ0v) is 12.4. The fourth-order valence-corrected chi connectivity index (χ4v) is 2.83. The molecule has 0 aliphatic carbocycles. The van der Waals surface area contributed by atoms with Crippen LogP contribution in [0.1, 0.15) is 30.1 Å². The molecule has 19 heavy (non-hydrogen) atoms. The van der Waals surface area contributed by atoms with Gasteiger partial charge in [-0.25, -0.2) is 4.79 Å². The largest absolute Gasteiger partial charge is 0.478 e. The minimum atomic E-state index is -0.912. The van der Waals surface area contributed by atoms with E-state index in [1.165, 1.54) is 0 Å². The Bertz CT molecular complexity index is 464. The van der Waals surface area contributed by atoms with Crippen molar-refractivity contribution in [1.82, 2.24) is 0 Å². The van der Waals surface area contributed by atoms with E-state index in [9.17, 15) is 4.79 Å². The minimum absolute atomic E-state index is 0.285. The van der Waals surface area contributed by atoms with E-state index in [0.29, 0.717) is 17.2 Å². The normalized spacial score (nSPS) is 22.4. The van der Waals surface area contributed by atoms with Gasteiger partial charge in [0.1, 0.15) is 0 Å². The van der Waals surface area contributed by atoms with Crippen LogP contribution in [0.15, 0.2) is 22.7 Å². The minimum Gasteiger partial charge on any atom is -0.478 e. The summed E-state index contributed by atoms with van der Waals surface area (Å²) in [4.78, 5) is 11.2. The Labute approximate surface area is 121 Å². The van der Waals surface area contributed by atoms with Crippen molar-refractivity contribution in [3.05, 3.63) is 28.2 Å². The average molecular weight is 328 g/mol. The SMILES string of the molecule is CCC1OCCC1CNc1cc(Br)ccc1C(=O)O. The number of hydrogen-bond donors (Lipinski definition) is 2. The average Bonchev–Trinajstić information content (AvgIpc) is 2.83. The fraction of sp³-hybridized carbons (Fsp3) is 0.500.